The monoisotopic (exact) mass is 671 g/mol. The van der Waals surface area contributed by atoms with Crippen LogP contribution < -0.4 is 4.90 Å². The van der Waals surface area contributed by atoms with Gasteiger partial charge in [0.1, 0.15) is 36.0 Å². The fraction of sp³-hybridized carbons (Fsp3) is 0.359. The number of aliphatic hydroxyl groups is 5. The Bertz CT molecular complexity index is 1730. The first-order valence-corrected chi connectivity index (χ1v) is 16.6. The summed E-state index contributed by atoms with van der Waals surface area (Å²) < 4.78 is 19.0. The Balaban J connectivity index is 1.17. The molecule has 4 aromatic carbocycles. The number of benzene rings is 4. The normalized spacial score (nSPS) is 26.0. The van der Waals surface area contributed by atoms with Gasteiger partial charge in [-0.25, -0.2) is 4.39 Å². The molecule has 0 radical (unpaired) electrons. The first-order valence-electron chi connectivity index (χ1n) is 16.6. The van der Waals surface area contributed by atoms with Gasteiger partial charge >= 0.3 is 0 Å². The summed E-state index contributed by atoms with van der Waals surface area (Å²) >= 11 is 0. The molecule has 10 heteroatoms. The van der Waals surface area contributed by atoms with Crippen molar-refractivity contribution in [2.45, 2.75) is 75.3 Å². The summed E-state index contributed by atoms with van der Waals surface area (Å²) in [5, 5.41) is 62.0. The van der Waals surface area contributed by atoms with E-state index in [9.17, 15) is 39.8 Å². The lowest BCUT2D eigenvalue weighted by Crippen LogP contribution is -2.58. The summed E-state index contributed by atoms with van der Waals surface area (Å²) in [6.45, 7) is 1.50. The maximum Gasteiger partial charge on any atom is 0.233 e. The maximum atomic E-state index is 13.5. The molecule has 0 bridgehead atoms. The molecule has 0 saturated carbocycles. The molecule has 6 rings (SSSR count). The van der Waals surface area contributed by atoms with E-state index in [0.717, 1.165) is 27.9 Å². The molecule has 2 heterocycles. The molecular formula is C39H42FNO8. The number of halogens is 1. The lowest BCUT2D eigenvalue weighted by atomic mass is 9.77. The average molecular weight is 672 g/mol. The molecule has 9 nitrogen and oxygen atoms in total. The highest BCUT2D eigenvalue weighted by atomic mass is 19.1. The average Bonchev–Trinajstić information content (AvgIpc) is 3.11. The molecule has 6 N–H and O–H groups in total. The Kier molecular flexibility index (Phi) is 10.4. The maximum absolute atomic E-state index is 13.5. The molecule has 49 heavy (non-hydrogen) atoms. The number of ether oxygens (including phenoxy) is 1. The van der Waals surface area contributed by atoms with Gasteiger partial charge in [-0.05, 0) is 85.2 Å². The minimum Gasteiger partial charge on any atom is -0.508 e. The summed E-state index contributed by atoms with van der Waals surface area (Å²) in [7, 11) is 0. The predicted octanol–water partition coefficient (Wildman–Crippen LogP) is 4.50. The zero-order valence-corrected chi connectivity index (χ0v) is 27.1. The number of aromatic hydroxyl groups is 1. The van der Waals surface area contributed by atoms with E-state index >= 15 is 0 Å². The van der Waals surface area contributed by atoms with Crippen molar-refractivity contribution in [1.29, 1.82) is 0 Å². The van der Waals surface area contributed by atoms with E-state index in [0.29, 0.717) is 36.8 Å². The van der Waals surface area contributed by atoms with Gasteiger partial charge in [-0.3, -0.25) is 4.79 Å². The summed E-state index contributed by atoms with van der Waals surface area (Å²) in [5.74, 6) is -0.914. The number of hydrogen-bond acceptors (Lipinski definition) is 8. The standard InChI is InChI=1S/C39H42FNO8/c1-22-2-14-28(15-3-22)41-35(30(39(41)48)17-18-31(43)25-9-12-27(40)13-10-25)29-16-11-26(20-32(29)44)24-7-4-23(5-8-24)6-19-33-36(45)38(47)37(46)34(21-42)49-33/h2-5,7-16,20,30-31,33-38,42-47H,6,17-19,21H2,1H3/t30-,31+,33+,34-,35-,36+,37-,38-/m1/s1. The summed E-state index contributed by atoms with van der Waals surface area (Å²) in [6, 6.07) is 26.0. The molecule has 4 aromatic rings. The second-order valence-corrected chi connectivity index (χ2v) is 13.1. The molecule has 8 atom stereocenters. The van der Waals surface area contributed by atoms with E-state index in [1.165, 1.54) is 24.3 Å². The molecule has 258 valence electrons. The Labute approximate surface area is 284 Å². The smallest absolute Gasteiger partial charge is 0.233 e. The van der Waals surface area contributed by atoms with Crippen LogP contribution in [0.4, 0.5) is 10.1 Å². The van der Waals surface area contributed by atoms with Crippen LogP contribution in [-0.4, -0.2) is 73.7 Å². The van der Waals surface area contributed by atoms with E-state index in [-0.39, 0.29) is 17.5 Å². The van der Waals surface area contributed by atoms with Crippen LogP contribution >= 0.6 is 0 Å². The number of carbonyl (C=O) groups is 1. The minimum atomic E-state index is -1.40. The third kappa shape index (κ3) is 7.26. The number of phenolic OH excluding ortho intramolecular Hbond substituents is 1. The first kappa shape index (κ1) is 34.7. The number of aryl methyl sites for hydroxylation is 2. The van der Waals surface area contributed by atoms with Gasteiger partial charge in [-0.2, -0.15) is 0 Å². The second-order valence-electron chi connectivity index (χ2n) is 13.1. The Morgan fingerprint density at radius 1 is 0.816 bits per heavy atom. The molecule has 0 unspecified atom stereocenters. The van der Waals surface area contributed by atoms with Crippen LogP contribution in [0.5, 0.6) is 5.75 Å². The highest BCUT2D eigenvalue weighted by Gasteiger charge is 2.49. The van der Waals surface area contributed by atoms with E-state index in [1.54, 1.807) is 11.0 Å². The number of anilines is 1. The largest absolute Gasteiger partial charge is 0.508 e. The number of phenols is 1. The third-order valence-electron chi connectivity index (χ3n) is 9.88. The summed E-state index contributed by atoms with van der Waals surface area (Å²) in [4.78, 5) is 15.2. The molecule has 0 aliphatic carbocycles. The highest BCUT2D eigenvalue weighted by Crippen LogP contribution is 2.49. The molecule has 2 fully saturated rings. The number of hydrogen-bond donors (Lipinski definition) is 6. The van der Waals surface area contributed by atoms with E-state index < -0.39 is 55.2 Å². The van der Waals surface area contributed by atoms with Crippen molar-refractivity contribution in [2.24, 2.45) is 5.92 Å². The fourth-order valence-corrected chi connectivity index (χ4v) is 6.93. The number of carbonyl (C=O) groups excluding carboxylic acids is 1. The molecule has 2 aliphatic heterocycles. The number of amides is 1. The Morgan fingerprint density at radius 2 is 1.47 bits per heavy atom. The van der Waals surface area contributed by atoms with Gasteiger partial charge in [0.15, 0.2) is 0 Å². The molecule has 2 saturated heterocycles. The Morgan fingerprint density at radius 3 is 2.12 bits per heavy atom. The topological polar surface area (TPSA) is 151 Å². The van der Waals surface area contributed by atoms with Crippen LogP contribution in [-0.2, 0) is 16.0 Å². The third-order valence-corrected chi connectivity index (χ3v) is 9.88. The van der Waals surface area contributed by atoms with E-state index in [2.05, 4.69) is 0 Å². The molecule has 0 aromatic heterocycles. The number of nitrogens with zero attached hydrogens (tertiary/aromatic N) is 1. The van der Waals surface area contributed by atoms with Crippen molar-refractivity contribution in [2.75, 3.05) is 11.5 Å². The van der Waals surface area contributed by atoms with Crippen LogP contribution in [0.1, 0.15) is 53.7 Å². The lowest BCUT2D eigenvalue weighted by Gasteiger charge is -2.48. The van der Waals surface area contributed by atoms with Crippen LogP contribution in [0, 0.1) is 18.7 Å². The van der Waals surface area contributed by atoms with Gasteiger partial charge in [-0.1, -0.05) is 66.2 Å². The zero-order chi connectivity index (χ0) is 34.8. The quantitative estimate of drug-likeness (QED) is 0.128. The minimum absolute atomic E-state index is 0.0443. The number of aliphatic hydroxyl groups excluding tert-OH is 5. The highest BCUT2D eigenvalue weighted by molar-refractivity contribution is 6.03. The van der Waals surface area contributed by atoms with Crippen LogP contribution in [0.25, 0.3) is 11.1 Å². The van der Waals surface area contributed by atoms with Gasteiger partial charge in [0.25, 0.3) is 0 Å². The molecular weight excluding hydrogens is 629 g/mol. The summed E-state index contributed by atoms with van der Waals surface area (Å²) in [5.41, 5.74) is 5.54. The van der Waals surface area contributed by atoms with E-state index in [1.807, 2.05) is 67.6 Å². The zero-order valence-electron chi connectivity index (χ0n) is 27.1. The summed E-state index contributed by atoms with van der Waals surface area (Å²) in [6.07, 6.45) is -5.05. The van der Waals surface area contributed by atoms with Gasteiger partial charge in [-0.15, -0.1) is 0 Å². The first-order chi connectivity index (χ1) is 23.5. The van der Waals surface area contributed by atoms with Crippen LogP contribution in [0.15, 0.2) is 91.0 Å². The number of rotatable bonds is 11. The predicted molar refractivity (Wildman–Crippen MR) is 181 cm³/mol. The van der Waals surface area contributed by atoms with Crippen molar-refractivity contribution < 1.29 is 44.6 Å². The van der Waals surface area contributed by atoms with E-state index in [4.69, 9.17) is 4.74 Å². The van der Waals surface area contributed by atoms with Crippen molar-refractivity contribution >= 4 is 11.6 Å². The van der Waals surface area contributed by atoms with Crippen molar-refractivity contribution in [3.63, 3.8) is 0 Å². The lowest BCUT2D eigenvalue weighted by molar-refractivity contribution is -0.230. The van der Waals surface area contributed by atoms with Crippen LogP contribution in [0.3, 0.4) is 0 Å². The SMILES string of the molecule is Cc1ccc(N2C(=O)[C@H](CC[C@H](O)c3ccc(F)cc3)[C@H]2c2ccc(-c3ccc(CC[C@@H]4O[C@H](CO)[C@@H](O)[C@H](O)[C@H]4O)cc3)cc2O)cc1. The van der Waals surface area contributed by atoms with Gasteiger partial charge in [0.05, 0.1) is 30.8 Å². The molecule has 1 amide bonds. The van der Waals surface area contributed by atoms with Gasteiger partial charge in [0.2, 0.25) is 5.91 Å². The van der Waals surface area contributed by atoms with Crippen molar-refractivity contribution in [1.82, 2.24) is 0 Å². The number of β-lactam (4-membered cyclic amide) rings is 1. The van der Waals surface area contributed by atoms with Crippen LogP contribution in [0.2, 0.25) is 0 Å². The molecule has 0 spiro atoms. The molecule has 2 aliphatic rings. The van der Waals surface area contributed by atoms with Crippen molar-refractivity contribution in [3.8, 4) is 16.9 Å². The Hall–Kier alpha value is -4.16. The van der Waals surface area contributed by atoms with Gasteiger partial charge < -0.3 is 40.3 Å². The second kappa shape index (κ2) is 14.8. The fourth-order valence-electron chi connectivity index (χ4n) is 6.93. The van der Waals surface area contributed by atoms with Crippen molar-refractivity contribution in [3.05, 3.63) is 119 Å². The van der Waals surface area contributed by atoms with Gasteiger partial charge in [0, 0.05) is 11.3 Å².